The second kappa shape index (κ2) is 5.47. The molecule has 4 heteroatoms. The van der Waals surface area contributed by atoms with Gasteiger partial charge in [-0.2, -0.15) is 0 Å². The van der Waals surface area contributed by atoms with E-state index in [2.05, 4.69) is 4.74 Å². The molecule has 0 aromatic carbocycles. The highest BCUT2D eigenvalue weighted by molar-refractivity contribution is 5.70. The zero-order valence-electron chi connectivity index (χ0n) is 10.4. The van der Waals surface area contributed by atoms with Crippen LogP contribution in [0.4, 0.5) is 0 Å². The van der Waals surface area contributed by atoms with Crippen molar-refractivity contribution in [2.24, 2.45) is 11.1 Å². The summed E-state index contributed by atoms with van der Waals surface area (Å²) in [7, 11) is 3.05. The van der Waals surface area contributed by atoms with Crippen LogP contribution >= 0.6 is 0 Å². The second-order valence-corrected chi connectivity index (χ2v) is 4.91. The molecule has 0 aliphatic heterocycles. The van der Waals surface area contributed by atoms with Gasteiger partial charge in [-0.1, -0.05) is 6.92 Å². The Kier molecular flexibility index (Phi) is 5.24. The lowest BCUT2D eigenvalue weighted by molar-refractivity contribution is -0.144. The van der Waals surface area contributed by atoms with Crippen molar-refractivity contribution >= 4 is 5.97 Å². The topological polar surface area (TPSA) is 61.5 Å². The molecule has 15 heavy (non-hydrogen) atoms. The molecule has 0 spiro atoms. The van der Waals surface area contributed by atoms with Gasteiger partial charge in [-0.05, 0) is 32.2 Å². The largest absolute Gasteiger partial charge is 0.469 e. The molecule has 0 heterocycles. The van der Waals surface area contributed by atoms with Gasteiger partial charge >= 0.3 is 5.97 Å². The molecule has 0 bridgehead atoms. The minimum absolute atomic E-state index is 0.227. The number of carbonyl (C=O) groups is 1. The highest BCUT2D eigenvalue weighted by Crippen LogP contribution is 2.32. The fraction of sp³-hybridized carbons (Fsp3) is 0.909. The van der Waals surface area contributed by atoms with Crippen LogP contribution in [0.1, 0.15) is 33.6 Å². The van der Waals surface area contributed by atoms with Crippen molar-refractivity contribution < 1.29 is 14.3 Å². The summed E-state index contributed by atoms with van der Waals surface area (Å²) in [5.74, 6) is -0.227. The highest BCUT2D eigenvalue weighted by Gasteiger charge is 2.33. The fourth-order valence-corrected chi connectivity index (χ4v) is 1.73. The molecule has 2 N–H and O–H groups in total. The van der Waals surface area contributed by atoms with E-state index in [1.807, 2.05) is 20.8 Å². The van der Waals surface area contributed by atoms with E-state index in [0.29, 0.717) is 13.0 Å². The van der Waals surface area contributed by atoms with Gasteiger partial charge < -0.3 is 15.2 Å². The molecular weight excluding hydrogens is 194 g/mol. The third-order valence-electron chi connectivity index (χ3n) is 2.70. The van der Waals surface area contributed by atoms with E-state index in [1.54, 1.807) is 7.11 Å². The van der Waals surface area contributed by atoms with Gasteiger partial charge in [-0.3, -0.25) is 4.79 Å². The van der Waals surface area contributed by atoms with Gasteiger partial charge in [-0.15, -0.1) is 0 Å². The lowest BCUT2D eigenvalue weighted by Crippen LogP contribution is -2.38. The van der Waals surface area contributed by atoms with Gasteiger partial charge in [0.15, 0.2) is 0 Å². The lowest BCUT2D eigenvalue weighted by Gasteiger charge is -2.35. The van der Waals surface area contributed by atoms with Crippen molar-refractivity contribution in [1.82, 2.24) is 0 Å². The van der Waals surface area contributed by atoms with E-state index < -0.39 is 0 Å². The Bertz CT molecular complexity index is 216. The van der Waals surface area contributed by atoms with E-state index in [-0.39, 0.29) is 17.0 Å². The van der Waals surface area contributed by atoms with Crippen LogP contribution < -0.4 is 5.73 Å². The molecular formula is C11H23NO3. The maximum absolute atomic E-state index is 11.2. The van der Waals surface area contributed by atoms with E-state index >= 15 is 0 Å². The van der Waals surface area contributed by atoms with Crippen LogP contribution in [0.3, 0.4) is 0 Å². The summed E-state index contributed by atoms with van der Waals surface area (Å²) < 4.78 is 10.0. The van der Waals surface area contributed by atoms with Crippen LogP contribution in [0.2, 0.25) is 0 Å². The summed E-state index contributed by atoms with van der Waals surface area (Å²) in [6.07, 6.45) is 1.05. The molecule has 0 aromatic heterocycles. The smallest absolute Gasteiger partial charge is 0.306 e. The molecule has 0 rings (SSSR count). The minimum atomic E-state index is -0.276. The Morgan fingerprint density at radius 1 is 1.27 bits per heavy atom. The first-order chi connectivity index (χ1) is 6.78. The van der Waals surface area contributed by atoms with Gasteiger partial charge in [0.2, 0.25) is 0 Å². The zero-order chi connectivity index (χ0) is 12.1. The number of hydrogen-bond acceptors (Lipinski definition) is 4. The van der Waals surface area contributed by atoms with Crippen molar-refractivity contribution in [2.75, 3.05) is 20.8 Å². The number of nitrogens with two attached hydrogens (primary N) is 1. The standard InChI is InChI=1S/C11H23NO3/c1-10(2,15-5)7-11(3,8-12)6-9(13)14-4/h6-8,12H2,1-5H3. The summed E-state index contributed by atoms with van der Waals surface area (Å²) in [5, 5.41) is 0. The second-order valence-electron chi connectivity index (χ2n) is 4.91. The van der Waals surface area contributed by atoms with Gasteiger partial charge in [0, 0.05) is 7.11 Å². The Morgan fingerprint density at radius 2 is 1.80 bits per heavy atom. The Morgan fingerprint density at radius 3 is 2.13 bits per heavy atom. The van der Waals surface area contributed by atoms with Crippen LogP contribution in [-0.2, 0) is 14.3 Å². The van der Waals surface area contributed by atoms with E-state index in [1.165, 1.54) is 7.11 Å². The SMILES string of the molecule is COC(=O)CC(C)(CN)CC(C)(C)OC. The number of carbonyl (C=O) groups excluding carboxylic acids is 1. The van der Waals surface area contributed by atoms with Crippen molar-refractivity contribution in [3.63, 3.8) is 0 Å². The summed E-state index contributed by atoms with van der Waals surface area (Å²) in [6.45, 7) is 6.38. The monoisotopic (exact) mass is 217 g/mol. The van der Waals surface area contributed by atoms with E-state index in [0.717, 1.165) is 6.42 Å². The van der Waals surface area contributed by atoms with Gasteiger partial charge in [0.25, 0.3) is 0 Å². The third kappa shape index (κ3) is 5.14. The molecule has 1 atom stereocenters. The highest BCUT2D eigenvalue weighted by atomic mass is 16.5. The summed E-state index contributed by atoms with van der Waals surface area (Å²) >= 11 is 0. The first kappa shape index (κ1) is 14.4. The molecule has 0 radical (unpaired) electrons. The van der Waals surface area contributed by atoms with E-state index in [9.17, 15) is 4.79 Å². The molecule has 0 amide bonds. The first-order valence-electron chi connectivity index (χ1n) is 5.10. The maximum Gasteiger partial charge on any atom is 0.306 e. The third-order valence-corrected chi connectivity index (χ3v) is 2.70. The van der Waals surface area contributed by atoms with Crippen LogP contribution in [-0.4, -0.2) is 32.3 Å². The minimum Gasteiger partial charge on any atom is -0.469 e. The van der Waals surface area contributed by atoms with Gasteiger partial charge in [0.1, 0.15) is 0 Å². The van der Waals surface area contributed by atoms with Crippen molar-refractivity contribution in [3.8, 4) is 0 Å². The molecule has 0 aromatic rings. The molecule has 0 saturated heterocycles. The quantitative estimate of drug-likeness (QED) is 0.682. The molecule has 0 fully saturated rings. The van der Waals surface area contributed by atoms with Crippen molar-refractivity contribution in [1.29, 1.82) is 0 Å². The number of esters is 1. The van der Waals surface area contributed by atoms with Crippen LogP contribution in [0, 0.1) is 5.41 Å². The zero-order valence-corrected chi connectivity index (χ0v) is 10.4. The fourth-order valence-electron chi connectivity index (χ4n) is 1.73. The average molecular weight is 217 g/mol. The van der Waals surface area contributed by atoms with Crippen LogP contribution in [0.25, 0.3) is 0 Å². The summed E-state index contributed by atoms with van der Waals surface area (Å²) in [6, 6.07) is 0. The molecule has 4 nitrogen and oxygen atoms in total. The summed E-state index contributed by atoms with van der Waals surface area (Å²) in [4.78, 5) is 11.2. The number of rotatable bonds is 6. The predicted octanol–water partition coefficient (Wildman–Crippen LogP) is 1.33. The molecule has 0 saturated carbocycles. The molecule has 90 valence electrons. The van der Waals surface area contributed by atoms with Gasteiger partial charge in [-0.25, -0.2) is 0 Å². The predicted molar refractivity (Wildman–Crippen MR) is 59.5 cm³/mol. The number of ether oxygens (including phenoxy) is 2. The van der Waals surface area contributed by atoms with Crippen LogP contribution in [0.5, 0.6) is 0 Å². The molecule has 0 aliphatic rings. The number of hydrogen-bond donors (Lipinski definition) is 1. The molecule has 0 aliphatic carbocycles. The lowest BCUT2D eigenvalue weighted by atomic mass is 9.77. The Labute approximate surface area is 92.1 Å². The van der Waals surface area contributed by atoms with Gasteiger partial charge in [0.05, 0.1) is 19.1 Å². The first-order valence-corrected chi connectivity index (χ1v) is 5.10. The Hall–Kier alpha value is -0.610. The number of methoxy groups -OCH3 is 2. The van der Waals surface area contributed by atoms with Crippen LogP contribution in [0.15, 0.2) is 0 Å². The maximum atomic E-state index is 11.2. The van der Waals surface area contributed by atoms with Crippen molar-refractivity contribution in [3.05, 3.63) is 0 Å². The summed E-state index contributed by atoms with van der Waals surface area (Å²) in [5.41, 5.74) is 5.16. The normalized spacial score (nSPS) is 15.9. The Balaban J connectivity index is 4.50. The van der Waals surface area contributed by atoms with Crippen molar-refractivity contribution in [2.45, 2.75) is 39.2 Å². The molecule has 1 unspecified atom stereocenters. The average Bonchev–Trinajstić information content (AvgIpc) is 2.17. The van der Waals surface area contributed by atoms with E-state index in [4.69, 9.17) is 10.5 Å².